The van der Waals surface area contributed by atoms with Gasteiger partial charge in [0.15, 0.2) is 28.4 Å². The summed E-state index contributed by atoms with van der Waals surface area (Å²) in [6, 6.07) is 12.7. The molecule has 0 radical (unpaired) electrons. The predicted molar refractivity (Wildman–Crippen MR) is 215 cm³/mol. The average Bonchev–Trinajstić information content (AvgIpc) is 3.20. The van der Waals surface area contributed by atoms with E-state index in [0.717, 1.165) is 0 Å². The predicted octanol–water partition coefficient (Wildman–Crippen LogP) is 0.866. The first kappa shape index (κ1) is 54.0. The second-order valence-electron chi connectivity index (χ2n) is 12.0. The van der Waals surface area contributed by atoms with Gasteiger partial charge in [0.25, 0.3) is 42.2 Å². The second kappa shape index (κ2) is 24.5. The SMILES string of the molecule is COc1cc(OC)cc(C(=O)N(CC(=O)O)CC(=O)O)c1.COc1ccc(C(=O)NCCS(=O)(=O)O)cc1OC.COc1ccc(C(CC(O)S(=O)(=O)O)S(=O)(=O)O)cc1OC. The summed E-state index contributed by atoms with van der Waals surface area (Å²) < 4.78 is 122. The number of carbonyl (C=O) groups excluding carboxylic acids is 2. The highest BCUT2D eigenvalue weighted by Gasteiger charge is 2.33. The zero-order valence-electron chi connectivity index (χ0n) is 33.8. The van der Waals surface area contributed by atoms with Crippen LogP contribution in [0.1, 0.15) is 38.0 Å². The molecule has 0 heterocycles. The van der Waals surface area contributed by atoms with Crippen molar-refractivity contribution in [2.45, 2.75) is 17.1 Å². The van der Waals surface area contributed by atoms with E-state index in [9.17, 15) is 54.1 Å². The summed E-state index contributed by atoms with van der Waals surface area (Å²) in [5.74, 6) is -2.37. The highest BCUT2D eigenvalue weighted by atomic mass is 32.2. The standard InChI is InChI=1S/C13H15NO7.C11H15NO6S.C11H16O9S2/c1-20-9-3-8(4-10(5-9)21-2)13(19)14(6-11(15)16)7-12(17)18;1-17-9-4-3-8(7-10(9)18-2)11(13)12-5-6-19(14,15)16;1-19-8-4-3-7(5-9(8)20-2)10(21(13,14)15)6-11(12)22(16,17)18/h3-5H,6-7H2,1-2H3,(H,15,16)(H,17,18);3-4,7H,5-6H2,1-2H3,(H,12,13)(H,14,15,16);3-5,10-12H,6H2,1-2H3,(H,13,14,15)(H,16,17,18). The van der Waals surface area contributed by atoms with Crippen LogP contribution < -0.4 is 33.7 Å². The van der Waals surface area contributed by atoms with E-state index in [1.54, 1.807) is 6.07 Å². The maximum absolute atomic E-state index is 12.2. The number of ether oxygens (including phenoxy) is 6. The first-order chi connectivity index (χ1) is 28.7. The van der Waals surface area contributed by atoms with E-state index in [1.807, 2.05) is 0 Å². The summed E-state index contributed by atoms with van der Waals surface area (Å²) in [7, 11) is -5.33. The molecule has 0 spiro atoms. The van der Waals surface area contributed by atoms with Gasteiger partial charge in [0.2, 0.25) is 0 Å². The van der Waals surface area contributed by atoms with Crippen molar-refractivity contribution in [1.29, 1.82) is 0 Å². The van der Waals surface area contributed by atoms with Crippen LogP contribution in [0.3, 0.4) is 0 Å². The van der Waals surface area contributed by atoms with Gasteiger partial charge in [0.1, 0.15) is 29.8 Å². The Balaban J connectivity index is 0.000000466. The topological polar surface area (TPSA) is 363 Å². The molecular formula is C35H46N2O22S3. The average molecular weight is 943 g/mol. The van der Waals surface area contributed by atoms with Gasteiger partial charge in [-0.3, -0.25) is 32.8 Å². The Bertz CT molecular complexity index is 2320. The fraction of sp³-hybridized carbons (Fsp3) is 0.371. The zero-order chi connectivity index (χ0) is 47.6. The van der Waals surface area contributed by atoms with Crippen LogP contribution in [0.2, 0.25) is 0 Å². The van der Waals surface area contributed by atoms with E-state index >= 15 is 0 Å². The molecule has 2 amide bonds. The minimum absolute atomic E-state index is 0.0390. The number of aliphatic hydroxyl groups is 1. The third-order valence-corrected chi connectivity index (χ3v) is 10.5. The number of amides is 2. The van der Waals surface area contributed by atoms with Crippen LogP contribution in [0, 0.1) is 0 Å². The van der Waals surface area contributed by atoms with Crippen molar-refractivity contribution in [1.82, 2.24) is 10.2 Å². The van der Waals surface area contributed by atoms with Crippen molar-refractivity contribution in [2.24, 2.45) is 0 Å². The van der Waals surface area contributed by atoms with E-state index in [1.165, 1.54) is 91.2 Å². The van der Waals surface area contributed by atoms with Gasteiger partial charge in [-0.1, -0.05) is 6.07 Å². The van der Waals surface area contributed by atoms with Crippen LogP contribution in [0.25, 0.3) is 0 Å². The van der Waals surface area contributed by atoms with Gasteiger partial charge in [-0.05, 0) is 48.0 Å². The van der Waals surface area contributed by atoms with E-state index < -0.39 is 90.1 Å². The van der Waals surface area contributed by atoms with E-state index in [2.05, 4.69) is 5.32 Å². The van der Waals surface area contributed by atoms with E-state index in [4.69, 9.17) is 47.7 Å². The Morgan fingerprint density at radius 3 is 1.48 bits per heavy atom. The fourth-order valence-electron chi connectivity index (χ4n) is 4.80. The maximum Gasteiger partial charge on any atom is 0.323 e. The number of nitrogens with one attached hydrogen (secondary N) is 1. The molecule has 24 nitrogen and oxygen atoms in total. The number of rotatable bonds is 20. The van der Waals surface area contributed by atoms with Crippen LogP contribution >= 0.6 is 0 Å². The lowest BCUT2D eigenvalue weighted by Gasteiger charge is -2.19. The molecule has 3 aromatic carbocycles. The maximum atomic E-state index is 12.2. The van der Waals surface area contributed by atoms with Crippen LogP contribution in [-0.2, 0) is 39.9 Å². The lowest BCUT2D eigenvalue weighted by molar-refractivity contribution is -0.140. The first-order valence-electron chi connectivity index (χ1n) is 17.0. The molecular weight excluding hydrogens is 897 g/mol. The smallest absolute Gasteiger partial charge is 0.323 e. The molecule has 0 bridgehead atoms. The number of aliphatic hydroxyl groups excluding tert-OH is 1. The molecule has 7 N–H and O–H groups in total. The van der Waals surface area contributed by atoms with Gasteiger partial charge in [-0.25, -0.2) is 0 Å². The number of hydrogen-bond acceptors (Lipinski definition) is 17. The van der Waals surface area contributed by atoms with E-state index in [0.29, 0.717) is 33.5 Å². The van der Waals surface area contributed by atoms with Crippen LogP contribution in [-0.4, -0.2) is 156 Å². The first-order valence-corrected chi connectivity index (χ1v) is 21.6. The third kappa shape index (κ3) is 18.3. The second-order valence-corrected chi connectivity index (χ2v) is 16.7. The monoisotopic (exact) mass is 942 g/mol. The molecule has 0 saturated heterocycles. The molecule has 3 aromatic rings. The van der Waals surface area contributed by atoms with Gasteiger partial charge in [-0.2, -0.15) is 25.3 Å². The minimum atomic E-state index is -4.87. The lowest BCUT2D eigenvalue weighted by atomic mass is 10.1. The molecule has 0 aliphatic heterocycles. The van der Waals surface area contributed by atoms with E-state index in [-0.39, 0.29) is 29.2 Å². The third-order valence-electron chi connectivity index (χ3n) is 7.73. The van der Waals surface area contributed by atoms with Gasteiger partial charge >= 0.3 is 11.9 Å². The van der Waals surface area contributed by atoms with Gasteiger partial charge < -0.3 is 54.0 Å². The van der Waals surface area contributed by atoms with Crippen molar-refractivity contribution in [3.63, 3.8) is 0 Å². The number of hydrogen-bond donors (Lipinski definition) is 7. The number of methoxy groups -OCH3 is 6. The highest BCUT2D eigenvalue weighted by Crippen LogP contribution is 2.35. The molecule has 0 aliphatic carbocycles. The lowest BCUT2D eigenvalue weighted by Crippen LogP contribution is -2.39. The zero-order valence-corrected chi connectivity index (χ0v) is 36.2. The molecule has 0 fully saturated rings. The number of carboxylic acid groups (broad SMARTS) is 2. The Morgan fingerprint density at radius 1 is 0.613 bits per heavy atom. The summed E-state index contributed by atoms with van der Waals surface area (Å²) in [5.41, 5.74) is -2.03. The fourth-order valence-corrected chi connectivity index (χ4v) is 6.63. The van der Waals surface area contributed by atoms with Crippen molar-refractivity contribution in [2.75, 3.05) is 68.0 Å². The Hall–Kier alpha value is -5.97. The molecule has 2 atom stereocenters. The summed E-state index contributed by atoms with van der Waals surface area (Å²) in [6.07, 6.45) is -0.951. The Kier molecular flexibility index (Phi) is 21.3. The summed E-state index contributed by atoms with van der Waals surface area (Å²) >= 11 is 0. The quantitative estimate of drug-likeness (QED) is 0.0772. The largest absolute Gasteiger partial charge is 0.497 e. The molecule has 3 rings (SSSR count). The molecule has 62 heavy (non-hydrogen) atoms. The number of carbonyl (C=O) groups is 4. The van der Waals surface area contributed by atoms with Crippen LogP contribution in [0.5, 0.6) is 34.5 Å². The Labute approximate surface area is 356 Å². The normalized spacial score (nSPS) is 12.0. The molecule has 0 aromatic heterocycles. The highest BCUT2D eigenvalue weighted by molar-refractivity contribution is 7.87. The number of nitrogens with zero attached hydrogens (tertiary/aromatic N) is 1. The van der Waals surface area contributed by atoms with Crippen LogP contribution in [0.15, 0.2) is 54.6 Å². The number of benzene rings is 3. The summed E-state index contributed by atoms with van der Waals surface area (Å²) in [4.78, 5) is 46.1. The molecule has 0 aliphatic rings. The van der Waals surface area contributed by atoms with Crippen molar-refractivity contribution >= 4 is 54.1 Å². The summed E-state index contributed by atoms with van der Waals surface area (Å²) in [6.45, 7) is -1.61. The van der Waals surface area contributed by atoms with Gasteiger partial charge in [0, 0.05) is 30.2 Å². The summed E-state index contributed by atoms with van der Waals surface area (Å²) in [5, 5.41) is 27.5. The minimum Gasteiger partial charge on any atom is -0.497 e. The Morgan fingerprint density at radius 2 is 1.08 bits per heavy atom. The molecule has 346 valence electrons. The van der Waals surface area contributed by atoms with Gasteiger partial charge in [-0.15, -0.1) is 0 Å². The van der Waals surface area contributed by atoms with Crippen molar-refractivity contribution in [3.8, 4) is 34.5 Å². The molecule has 0 saturated carbocycles. The molecule has 2 unspecified atom stereocenters. The van der Waals surface area contributed by atoms with Crippen LogP contribution in [0.4, 0.5) is 0 Å². The number of aliphatic carboxylic acids is 2. The van der Waals surface area contributed by atoms with Gasteiger partial charge in [0.05, 0.1) is 48.4 Å². The number of carboxylic acids is 2. The molecule has 27 heteroatoms. The van der Waals surface area contributed by atoms with Crippen molar-refractivity contribution in [3.05, 3.63) is 71.3 Å². The van der Waals surface area contributed by atoms with Crippen molar-refractivity contribution < 1.29 is 102 Å².